The zero-order valence-corrected chi connectivity index (χ0v) is 13.9. The van der Waals surface area contributed by atoms with E-state index < -0.39 is 34.4 Å². The number of carbonyl (C=O) groups is 1. The number of benzene rings is 2. The number of carboxylic acid groups (broad SMARTS) is 1. The van der Waals surface area contributed by atoms with Crippen LogP contribution in [0.1, 0.15) is 15.9 Å². The predicted molar refractivity (Wildman–Crippen MR) is 93.3 cm³/mol. The van der Waals surface area contributed by atoms with E-state index in [1.165, 1.54) is 24.3 Å². The average molecular weight is 372 g/mol. The summed E-state index contributed by atoms with van der Waals surface area (Å²) < 4.78 is 27.9. The van der Waals surface area contributed by atoms with Gasteiger partial charge in [0.15, 0.2) is 0 Å². The van der Waals surface area contributed by atoms with Crippen LogP contribution in [0.15, 0.2) is 64.3 Å². The summed E-state index contributed by atoms with van der Waals surface area (Å²) in [6, 6.07) is 10.2. The lowest BCUT2D eigenvalue weighted by molar-refractivity contribution is 0.0693. The van der Waals surface area contributed by atoms with Crippen LogP contribution in [0.4, 0.5) is 8.78 Å². The maximum absolute atomic E-state index is 13.1. The number of rotatable bonds is 5. The van der Waals surface area contributed by atoms with Gasteiger partial charge in [-0.1, -0.05) is 12.1 Å². The highest BCUT2D eigenvalue weighted by Gasteiger charge is 2.17. The maximum Gasteiger partial charge on any atom is 0.342 e. The molecule has 0 fully saturated rings. The van der Waals surface area contributed by atoms with Gasteiger partial charge in [-0.05, 0) is 48.4 Å². The number of carboxylic acids is 1. The molecule has 0 unspecified atom stereocenters. The van der Waals surface area contributed by atoms with Crippen molar-refractivity contribution in [1.29, 1.82) is 0 Å². The highest BCUT2D eigenvalue weighted by Crippen LogP contribution is 2.07. The SMILES string of the molecule is O=C(O)c1cn(CCc2ccc(F)cc2)c(=O)n(-c2ccc(F)cc2)c1=O. The van der Waals surface area contributed by atoms with Gasteiger partial charge in [0.25, 0.3) is 5.56 Å². The molecule has 1 heterocycles. The van der Waals surface area contributed by atoms with Crippen LogP contribution in [0.25, 0.3) is 5.69 Å². The predicted octanol–water partition coefficient (Wildman–Crippen LogP) is 2.22. The molecule has 138 valence electrons. The van der Waals surface area contributed by atoms with Gasteiger partial charge < -0.3 is 5.11 Å². The highest BCUT2D eigenvalue weighted by atomic mass is 19.1. The third kappa shape index (κ3) is 3.84. The summed E-state index contributed by atoms with van der Waals surface area (Å²) in [6.45, 7) is 0.0756. The summed E-state index contributed by atoms with van der Waals surface area (Å²) in [5.41, 5.74) is -1.54. The Morgan fingerprint density at radius 2 is 1.48 bits per heavy atom. The first-order valence-corrected chi connectivity index (χ1v) is 7.97. The van der Waals surface area contributed by atoms with Crippen molar-refractivity contribution >= 4 is 5.97 Å². The zero-order valence-electron chi connectivity index (χ0n) is 13.9. The quantitative estimate of drug-likeness (QED) is 0.745. The normalized spacial score (nSPS) is 10.7. The Kier molecular flexibility index (Phi) is 4.98. The van der Waals surface area contributed by atoms with Gasteiger partial charge in [0.05, 0.1) is 5.69 Å². The van der Waals surface area contributed by atoms with Crippen LogP contribution in [0, 0.1) is 11.6 Å². The monoisotopic (exact) mass is 372 g/mol. The molecule has 0 atom stereocenters. The molecule has 3 aromatic rings. The van der Waals surface area contributed by atoms with E-state index in [0.29, 0.717) is 11.0 Å². The fraction of sp³-hybridized carbons (Fsp3) is 0.105. The summed E-state index contributed by atoms with van der Waals surface area (Å²) in [4.78, 5) is 36.5. The number of hydrogen-bond donors (Lipinski definition) is 1. The molecule has 0 spiro atoms. The molecule has 0 aliphatic rings. The fourth-order valence-electron chi connectivity index (χ4n) is 2.63. The van der Waals surface area contributed by atoms with E-state index >= 15 is 0 Å². The van der Waals surface area contributed by atoms with Gasteiger partial charge in [0, 0.05) is 12.7 Å². The van der Waals surface area contributed by atoms with E-state index in [0.717, 1.165) is 28.5 Å². The van der Waals surface area contributed by atoms with Gasteiger partial charge >= 0.3 is 11.7 Å². The first kappa shape index (κ1) is 18.2. The van der Waals surface area contributed by atoms with Crippen LogP contribution in [-0.4, -0.2) is 20.2 Å². The van der Waals surface area contributed by atoms with Crippen LogP contribution >= 0.6 is 0 Å². The van der Waals surface area contributed by atoms with Gasteiger partial charge in [-0.2, -0.15) is 0 Å². The van der Waals surface area contributed by atoms with E-state index in [-0.39, 0.29) is 12.2 Å². The Bertz CT molecular complexity index is 1100. The third-order valence-electron chi connectivity index (χ3n) is 4.03. The van der Waals surface area contributed by atoms with Crippen molar-refractivity contribution in [3.63, 3.8) is 0 Å². The molecule has 0 aliphatic heterocycles. The van der Waals surface area contributed by atoms with Gasteiger partial charge in [-0.15, -0.1) is 0 Å². The van der Waals surface area contributed by atoms with Crippen molar-refractivity contribution in [2.75, 3.05) is 0 Å². The Morgan fingerprint density at radius 1 is 0.926 bits per heavy atom. The molecule has 0 saturated heterocycles. The van der Waals surface area contributed by atoms with Crippen LogP contribution in [0.2, 0.25) is 0 Å². The number of halogens is 2. The number of hydrogen-bond acceptors (Lipinski definition) is 3. The lowest BCUT2D eigenvalue weighted by Crippen LogP contribution is -2.41. The van der Waals surface area contributed by atoms with Crippen LogP contribution in [0.3, 0.4) is 0 Å². The average Bonchev–Trinajstić information content (AvgIpc) is 2.64. The molecule has 6 nitrogen and oxygen atoms in total. The van der Waals surface area contributed by atoms with Crippen molar-refractivity contribution in [3.05, 3.63) is 98.3 Å². The van der Waals surface area contributed by atoms with Crippen molar-refractivity contribution in [1.82, 2.24) is 9.13 Å². The maximum atomic E-state index is 13.1. The largest absolute Gasteiger partial charge is 0.477 e. The number of nitrogens with zero attached hydrogens (tertiary/aromatic N) is 2. The third-order valence-corrected chi connectivity index (χ3v) is 4.03. The molecule has 27 heavy (non-hydrogen) atoms. The molecule has 0 amide bonds. The molecule has 1 aromatic heterocycles. The van der Waals surface area contributed by atoms with Gasteiger partial charge in [0.2, 0.25) is 0 Å². The topological polar surface area (TPSA) is 81.3 Å². The Hall–Kier alpha value is -3.55. The van der Waals surface area contributed by atoms with Gasteiger partial charge in [0.1, 0.15) is 17.2 Å². The fourth-order valence-corrected chi connectivity index (χ4v) is 2.63. The van der Waals surface area contributed by atoms with Crippen LogP contribution in [0.5, 0.6) is 0 Å². The molecular weight excluding hydrogens is 358 g/mol. The van der Waals surface area contributed by atoms with Gasteiger partial charge in [-0.25, -0.2) is 22.9 Å². The second-order valence-corrected chi connectivity index (χ2v) is 5.82. The minimum absolute atomic E-state index is 0.0602. The standard InChI is InChI=1S/C19H14F2N2O4/c20-13-3-1-12(2-4-13)9-10-22-11-16(18(25)26)17(24)23(19(22)27)15-7-5-14(21)6-8-15/h1-8,11H,9-10H2,(H,25,26). The van der Waals surface area contributed by atoms with Crippen molar-refractivity contribution < 1.29 is 18.7 Å². The second kappa shape index (κ2) is 7.36. The molecule has 8 heteroatoms. The Morgan fingerprint density at radius 3 is 2.04 bits per heavy atom. The van der Waals surface area contributed by atoms with Crippen molar-refractivity contribution in [2.45, 2.75) is 13.0 Å². The van der Waals surface area contributed by atoms with E-state index in [4.69, 9.17) is 0 Å². The number of aryl methyl sites for hydroxylation is 2. The van der Waals surface area contributed by atoms with Crippen LogP contribution < -0.4 is 11.2 Å². The summed E-state index contributed by atoms with van der Waals surface area (Å²) in [7, 11) is 0. The van der Waals surface area contributed by atoms with E-state index in [2.05, 4.69) is 0 Å². The molecule has 3 rings (SSSR count). The molecule has 0 radical (unpaired) electrons. The minimum Gasteiger partial charge on any atom is -0.477 e. The zero-order chi connectivity index (χ0) is 19.6. The lowest BCUT2D eigenvalue weighted by Gasteiger charge is -2.12. The summed E-state index contributed by atoms with van der Waals surface area (Å²) in [5.74, 6) is -2.43. The van der Waals surface area contributed by atoms with E-state index in [1.807, 2.05) is 0 Å². The second-order valence-electron chi connectivity index (χ2n) is 5.82. The molecule has 0 saturated carbocycles. The lowest BCUT2D eigenvalue weighted by atomic mass is 10.1. The minimum atomic E-state index is -1.48. The van der Waals surface area contributed by atoms with Crippen molar-refractivity contribution in [2.24, 2.45) is 0 Å². The van der Waals surface area contributed by atoms with E-state index in [1.54, 1.807) is 12.1 Å². The number of aromatic carboxylic acids is 1. The smallest absolute Gasteiger partial charge is 0.342 e. The summed E-state index contributed by atoms with van der Waals surface area (Å²) in [5, 5.41) is 9.28. The Balaban J connectivity index is 2.07. The first-order chi connectivity index (χ1) is 12.9. The molecule has 0 bridgehead atoms. The molecule has 0 aliphatic carbocycles. The van der Waals surface area contributed by atoms with Crippen molar-refractivity contribution in [3.8, 4) is 5.69 Å². The van der Waals surface area contributed by atoms with E-state index in [9.17, 15) is 28.3 Å². The van der Waals surface area contributed by atoms with Crippen LogP contribution in [-0.2, 0) is 13.0 Å². The summed E-state index contributed by atoms with van der Waals surface area (Å²) >= 11 is 0. The molecular formula is C19H14F2N2O4. The number of aromatic nitrogens is 2. The molecule has 2 aromatic carbocycles. The highest BCUT2D eigenvalue weighted by molar-refractivity contribution is 5.86. The Labute approximate surface area is 151 Å². The molecule has 1 N–H and O–H groups in total. The first-order valence-electron chi connectivity index (χ1n) is 7.97. The summed E-state index contributed by atoms with van der Waals surface area (Å²) in [6.07, 6.45) is 1.30. The van der Waals surface area contributed by atoms with Gasteiger partial charge in [-0.3, -0.25) is 9.36 Å².